The predicted molar refractivity (Wildman–Crippen MR) is 160 cm³/mol. The van der Waals surface area contributed by atoms with Crippen LogP contribution < -0.4 is 14.6 Å². The number of thioether (sulfide) groups is 1. The maximum Gasteiger partial charge on any atom is 0.573 e. The number of ether oxygens (including phenoxy) is 2. The van der Waals surface area contributed by atoms with E-state index in [0.29, 0.717) is 16.6 Å². The van der Waals surface area contributed by atoms with Crippen LogP contribution in [0.1, 0.15) is 28.7 Å². The zero-order valence-corrected chi connectivity index (χ0v) is 24.1. The van der Waals surface area contributed by atoms with E-state index in [1.54, 1.807) is 11.1 Å². The number of aryl methyl sites for hydroxylation is 2. The van der Waals surface area contributed by atoms with Gasteiger partial charge in [0.05, 0.1) is 36.2 Å². The summed E-state index contributed by atoms with van der Waals surface area (Å²) in [6.45, 7) is 3.90. The van der Waals surface area contributed by atoms with Crippen molar-refractivity contribution < 1.29 is 32.2 Å². The van der Waals surface area contributed by atoms with Gasteiger partial charge in [-0.2, -0.15) is 10.2 Å². The number of para-hydroxylation sites is 1. The number of hydrazone groups is 1. The summed E-state index contributed by atoms with van der Waals surface area (Å²) in [4.78, 5) is 26.8. The van der Waals surface area contributed by atoms with Gasteiger partial charge in [0.1, 0.15) is 5.75 Å². The molecule has 0 saturated carbocycles. The molecule has 3 aromatic carbocycles. The second-order valence-corrected chi connectivity index (χ2v) is 10.6. The molecule has 0 N–H and O–H groups in total. The topological polar surface area (TPSA) is 96.2 Å². The summed E-state index contributed by atoms with van der Waals surface area (Å²) in [6.07, 6.45) is -3.00. The lowest BCUT2D eigenvalue weighted by molar-refractivity contribution is -0.274. The summed E-state index contributed by atoms with van der Waals surface area (Å²) in [5.74, 6) is -0.681. The monoisotopic (exact) mass is 609 g/mol. The number of alkyl halides is 3. The Kier molecular flexibility index (Phi) is 8.53. The number of amidine groups is 1. The summed E-state index contributed by atoms with van der Waals surface area (Å²) in [6, 6.07) is 17.4. The Bertz CT molecular complexity index is 1600. The zero-order valence-electron chi connectivity index (χ0n) is 23.3. The van der Waals surface area contributed by atoms with Gasteiger partial charge in [0.2, 0.25) is 5.91 Å². The van der Waals surface area contributed by atoms with E-state index in [9.17, 15) is 22.8 Å². The minimum Gasteiger partial charge on any atom is -0.467 e. The van der Waals surface area contributed by atoms with Crippen LogP contribution in [0.25, 0.3) is 0 Å². The van der Waals surface area contributed by atoms with Crippen LogP contribution in [-0.4, -0.2) is 54.2 Å². The standard InChI is InChI=1S/C30H26F3N5O4S/c1-18-5-4-6-19(2)27(18)37-26(39)17-43-29(37)35-34-16-20-7-9-21(10-8-20)24-15-25(28(40)41-3)38(36-24)22-11-13-23(14-12-22)42-30(31,32)33/h4-14,16,25H,15,17H2,1-3H3. The number of hydrogen-bond acceptors (Lipinski definition) is 9. The Morgan fingerprint density at radius 2 is 1.72 bits per heavy atom. The van der Waals surface area contributed by atoms with Crippen molar-refractivity contribution in [3.05, 3.63) is 89.0 Å². The number of anilines is 2. The van der Waals surface area contributed by atoms with E-state index >= 15 is 0 Å². The normalized spacial score (nSPS) is 18.1. The molecule has 1 amide bonds. The third-order valence-electron chi connectivity index (χ3n) is 6.74. The number of esters is 1. The largest absolute Gasteiger partial charge is 0.573 e. The molecule has 13 heteroatoms. The molecule has 1 atom stereocenters. The van der Waals surface area contributed by atoms with Gasteiger partial charge in [-0.05, 0) is 60.4 Å². The van der Waals surface area contributed by atoms with E-state index in [4.69, 9.17) is 4.74 Å². The van der Waals surface area contributed by atoms with Crippen molar-refractivity contribution in [1.29, 1.82) is 0 Å². The summed E-state index contributed by atoms with van der Waals surface area (Å²) in [5, 5.41) is 15.0. The fraction of sp³-hybridized carbons (Fsp3) is 0.233. The molecule has 1 saturated heterocycles. The van der Waals surface area contributed by atoms with Gasteiger partial charge in [0.15, 0.2) is 11.2 Å². The molecule has 43 heavy (non-hydrogen) atoms. The molecule has 1 unspecified atom stereocenters. The van der Waals surface area contributed by atoms with Crippen LogP contribution >= 0.6 is 11.8 Å². The number of carbonyl (C=O) groups excluding carboxylic acids is 2. The van der Waals surface area contributed by atoms with Crippen LogP contribution in [0.3, 0.4) is 0 Å². The van der Waals surface area contributed by atoms with Crippen molar-refractivity contribution >= 4 is 52.1 Å². The molecule has 0 spiro atoms. The molecule has 0 aromatic heterocycles. The molecule has 2 aliphatic rings. The van der Waals surface area contributed by atoms with Gasteiger partial charge >= 0.3 is 12.3 Å². The molecule has 9 nitrogen and oxygen atoms in total. The number of rotatable bonds is 7. The number of hydrogen-bond donors (Lipinski definition) is 0. The third-order valence-corrected chi connectivity index (χ3v) is 7.65. The van der Waals surface area contributed by atoms with Crippen LogP contribution in [0.5, 0.6) is 5.75 Å². The Labute approximate surface area is 249 Å². The second kappa shape index (κ2) is 12.3. The zero-order chi connectivity index (χ0) is 30.7. The third kappa shape index (κ3) is 6.72. The van der Waals surface area contributed by atoms with Crippen LogP contribution in [0, 0.1) is 13.8 Å². The molecule has 3 aromatic rings. The van der Waals surface area contributed by atoms with E-state index in [2.05, 4.69) is 20.0 Å². The lowest BCUT2D eigenvalue weighted by atomic mass is 10.0. The van der Waals surface area contributed by atoms with Crippen LogP contribution in [-0.2, 0) is 14.3 Å². The number of carbonyl (C=O) groups is 2. The van der Waals surface area contributed by atoms with Gasteiger partial charge < -0.3 is 9.47 Å². The Morgan fingerprint density at radius 1 is 1.05 bits per heavy atom. The lowest BCUT2D eigenvalue weighted by Gasteiger charge is -2.21. The van der Waals surface area contributed by atoms with Gasteiger partial charge in [-0.3, -0.25) is 14.7 Å². The van der Waals surface area contributed by atoms with Crippen molar-refractivity contribution in [3.63, 3.8) is 0 Å². The van der Waals surface area contributed by atoms with E-state index < -0.39 is 18.4 Å². The first-order valence-electron chi connectivity index (χ1n) is 13.1. The van der Waals surface area contributed by atoms with Crippen molar-refractivity contribution in [1.82, 2.24) is 0 Å². The minimum atomic E-state index is -4.81. The van der Waals surface area contributed by atoms with E-state index in [1.165, 1.54) is 36.0 Å². The van der Waals surface area contributed by atoms with Crippen molar-refractivity contribution in [3.8, 4) is 5.75 Å². The Hall–Kier alpha value is -4.65. The highest BCUT2D eigenvalue weighted by Crippen LogP contribution is 2.33. The van der Waals surface area contributed by atoms with E-state index in [0.717, 1.165) is 40.1 Å². The average Bonchev–Trinajstić information content (AvgIpc) is 3.57. The Balaban J connectivity index is 1.32. The van der Waals surface area contributed by atoms with Crippen molar-refractivity contribution in [2.24, 2.45) is 15.3 Å². The minimum absolute atomic E-state index is 0.0528. The van der Waals surface area contributed by atoms with E-state index in [-0.39, 0.29) is 23.8 Å². The number of methoxy groups -OCH3 is 1. The highest BCUT2D eigenvalue weighted by atomic mass is 32.2. The van der Waals surface area contributed by atoms with E-state index in [1.807, 2.05) is 56.3 Å². The summed E-state index contributed by atoms with van der Waals surface area (Å²) < 4.78 is 46.5. The smallest absolute Gasteiger partial charge is 0.467 e. The van der Waals surface area contributed by atoms with Crippen molar-refractivity contribution in [2.75, 3.05) is 22.8 Å². The first-order valence-corrected chi connectivity index (χ1v) is 14.1. The highest BCUT2D eigenvalue weighted by Gasteiger charge is 2.36. The molecular formula is C30H26F3N5O4S. The molecular weight excluding hydrogens is 583 g/mol. The molecule has 1 fully saturated rings. The van der Waals surface area contributed by atoms with Gasteiger partial charge in [-0.1, -0.05) is 54.2 Å². The molecule has 0 bridgehead atoms. The number of benzene rings is 3. The summed E-state index contributed by atoms with van der Waals surface area (Å²) >= 11 is 1.33. The number of amides is 1. The van der Waals surface area contributed by atoms with Gasteiger partial charge in [-0.15, -0.1) is 18.3 Å². The molecule has 0 radical (unpaired) electrons. The first kappa shape index (κ1) is 29.8. The van der Waals surface area contributed by atoms with Crippen LogP contribution in [0.2, 0.25) is 0 Å². The van der Waals surface area contributed by atoms with Crippen molar-refractivity contribution in [2.45, 2.75) is 32.7 Å². The molecule has 0 aliphatic carbocycles. The molecule has 222 valence electrons. The average molecular weight is 610 g/mol. The first-order chi connectivity index (χ1) is 20.5. The quantitative estimate of drug-likeness (QED) is 0.190. The Morgan fingerprint density at radius 3 is 2.35 bits per heavy atom. The highest BCUT2D eigenvalue weighted by molar-refractivity contribution is 8.15. The maximum absolute atomic E-state index is 12.6. The lowest BCUT2D eigenvalue weighted by Crippen LogP contribution is -2.35. The molecule has 5 rings (SSSR count). The van der Waals surface area contributed by atoms with Crippen LogP contribution in [0.4, 0.5) is 24.5 Å². The maximum atomic E-state index is 12.6. The summed E-state index contributed by atoms with van der Waals surface area (Å²) in [5.41, 5.74) is 5.26. The second-order valence-electron chi connectivity index (χ2n) is 9.68. The predicted octanol–water partition coefficient (Wildman–Crippen LogP) is 5.83. The summed E-state index contributed by atoms with van der Waals surface area (Å²) in [7, 11) is 1.26. The number of nitrogens with zero attached hydrogens (tertiary/aromatic N) is 5. The fourth-order valence-corrected chi connectivity index (χ4v) is 5.57. The van der Waals surface area contributed by atoms with Gasteiger partial charge in [0, 0.05) is 6.42 Å². The molecule has 2 aliphatic heterocycles. The number of halogens is 3. The fourth-order valence-electron chi connectivity index (χ4n) is 4.76. The van der Waals surface area contributed by atoms with Gasteiger partial charge in [-0.25, -0.2) is 4.79 Å². The van der Waals surface area contributed by atoms with Gasteiger partial charge in [0.25, 0.3) is 0 Å². The van der Waals surface area contributed by atoms with Crippen LogP contribution in [0.15, 0.2) is 82.0 Å². The SMILES string of the molecule is COC(=O)C1CC(c2ccc(C=NN=C3SCC(=O)N3c3c(C)cccc3C)cc2)=NN1c1ccc(OC(F)(F)F)cc1. The molecule has 2 heterocycles.